The van der Waals surface area contributed by atoms with Gasteiger partial charge in [-0.25, -0.2) is 0 Å². The summed E-state index contributed by atoms with van der Waals surface area (Å²) in [7, 11) is 0.0686. The Morgan fingerprint density at radius 2 is 1.95 bits per heavy atom. The lowest BCUT2D eigenvalue weighted by Gasteiger charge is -2.36. The highest BCUT2D eigenvalue weighted by Crippen LogP contribution is 2.13. The average Bonchev–Trinajstić information content (AvgIpc) is 2.24. The van der Waals surface area contributed by atoms with E-state index in [0.29, 0.717) is 22.9 Å². The molecule has 0 aliphatic rings. The minimum Gasteiger partial charge on any atom is -0.366 e. The molecule has 0 aliphatic carbocycles. The van der Waals surface area contributed by atoms with Crippen molar-refractivity contribution in [3.8, 4) is 0 Å². The fourth-order valence-corrected chi connectivity index (χ4v) is 2.24. The summed E-state index contributed by atoms with van der Waals surface area (Å²) in [6.07, 6.45) is 2.88. The van der Waals surface area contributed by atoms with E-state index >= 15 is 0 Å². The number of nitrogens with zero attached hydrogens (tertiary/aromatic N) is 1. The van der Waals surface area contributed by atoms with E-state index in [9.17, 15) is 13.2 Å². The molecule has 0 spiro atoms. The van der Waals surface area contributed by atoms with Crippen molar-refractivity contribution in [2.75, 3.05) is 26.4 Å². The molecular weight excluding hydrogens is 268 g/mol. The van der Waals surface area contributed by atoms with Gasteiger partial charge in [-0.2, -0.15) is 8.42 Å². The molecule has 0 rings (SSSR count). The van der Waals surface area contributed by atoms with E-state index in [-0.39, 0.29) is 11.8 Å². The zero-order chi connectivity index (χ0) is 15.3. The molecule has 6 nitrogen and oxygen atoms in total. The van der Waals surface area contributed by atoms with Crippen LogP contribution in [0.15, 0.2) is 11.6 Å². The number of hydrogen-bond donors (Lipinski definition) is 2. The molecule has 0 saturated carbocycles. The summed E-state index contributed by atoms with van der Waals surface area (Å²) in [5.74, 6) is -0.656. The van der Waals surface area contributed by atoms with Gasteiger partial charge in [0.25, 0.3) is 10.1 Å². The molecule has 19 heavy (non-hydrogen) atoms. The van der Waals surface area contributed by atoms with Crippen molar-refractivity contribution in [1.82, 2.24) is 0 Å². The molecule has 0 aliphatic heterocycles. The van der Waals surface area contributed by atoms with Crippen LogP contribution in [0.1, 0.15) is 26.7 Å². The quantitative estimate of drug-likeness (QED) is 0.388. The number of carbonyl (C=O) groups excluding carboxylic acids is 1. The van der Waals surface area contributed by atoms with Crippen LogP contribution in [-0.2, 0) is 14.9 Å². The fourth-order valence-electron chi connectivity index (χ4n) is 1.60. The van der Waals surface area contributed by atoms with E-state index in [1.807, 2.05) is 21.0 Å². The molecule has 7 heteroatoms. The topological polar surface area (TPSA) is 97.5 Å². The van der Waals surface area contributed by atoms with E-state index in [2.05, 4.69) is 0 Å². The second-order valence-electron chi connectivity index (χ2n) is 5.47. The van der Waals surface area contributed by atoms with Gasteiger partial charge < -0.3 is 10.2 Å². The first-order valence-corrected chi connectivity index (χ1v) is 7.81. The Hall–Kier alpha value is -0.920. The predicted octanol–water partition coefficient (Wildman–Crippen LogP) is 0.551. The second-order valence-corrected chi connectivity index (χ2v) is 7.04. The van der Waals surface area contributed by atoms with Crippen molar-refractivity contribution in [3.63, 3.8) is 0 Å². The third kappa shape index (κ3) is 7.97. The largest absolute Gasteiger partial charge is 0.366 e. The standard InChI is InChI=1S/C12H24N2O4S/c1-10(12(13)15)6-5-8-14(3,4)11(2)7-9-19(16,17)18/h6,11H,5,7-9H2,1-4H3,(H2-,13,15,16,17,18)/p+1. The SMILES string of the molecule is CC(=CCC[N+](C)(C)C(C)CCS(=O)(=O)O)C(N)=O. The van der Waals surface area contributed by atoms with Gasteiger partial charge >= 0.3 is 0 Å². The van der Waals surface area contributed by atoms with Gasteiger partial charge in [0, 0.05) is 18.4 Å². The average molecular weight is 293 g/mol. The maximum atomic E-state index is 10.9. The van der Waals surface area contributed by atoms with Crippen molar-refractivity contribution in [2.24, 2.45) is 5.73 Å². The van der Waals surface area contributed by atoms with Crippen LogP contribution in [0.5, 0.6) is 0 Å². The van der Waals surface area contributed by atoms with Gasteiger partial charge in [-0.05, 0) is 13.8 Å². The monoisotopic (exact) mass is 293 g/mol. The van der Waals surface area contributed by atoms with Crippen molar-refractivity contribution in [3.05, 3.63) is 11.6 Å². The molecule has 1 atom stereocenters. The molecule has 0 radical (unpaired) electrons. The van der Waals surface area contributed by atoms with Crippen LogP contribution in [0, 0.1) is 0 Å². The van der Waals surface area contributed by atoms with Crippen LogP contribution in [0.4, 0.5) is 0 Å². The number of primary amides is 1. The van der Waals surface area contributed by atoms with E-state index in [1.54, 1.807) is 13.0 Å². The maximum Gasteiger partial charge on any atom is 0.265 e. The highest BCUT2D eigenvalue weighted by Gasteiger charge is 2.24. The molecule has 0 heterocycles. The first-order chi connectivity index (χ1) is 8.46. The third-order valence-corrected chi connectivity index (χ3v) is 4.28. The Morgan fingerprint density at radius 3 is 2.37 bits per heavy atom. The molecule has 3 N–H and O–H groups in total. The molecular formula is C12H25N2O4S+. The van der Waals surface area contributed by atoms with Crippen molar-refractivity contribution in [1.29, 1.82) is 0 Å². The van der Waals surface area contributed by atoms with Gasteiger partial charge in [0.15, 0.2) is 0 Å². The third-order valence-electron chi connectivity index (χ3n) is 3.53. The van der Waals surface area contributed by atoms with Gasteiger partial charge in [0.05, 0.1) is 32.4 Å². The van der Waals surface area contributed by atoms with Gasteiger partial charge in [0.2, 0.25) is 5.91 Å². The summed E-state index contributed by atoms with van der Waals surface area (Å²) in [4.78, 5) is 10.9. The molecule has 1 amide bonds. The molecule has 0 bridgehead atoms. The number of rotatable bonds is 8. The van der Waals surface area contributed by atoms with E-state index in [4.69, 9.17) is 10.3 Å². The van der Waals surface area contributed by atoms with Crippen LogP contribution < -0.4 is 5.73 Å². The maximum absolute atomic E-state index is 10.9. The number of carbonyl (C=O) groups is 1. The fraction of sp³-hybridized carbons (Fsp3) is 0.750. The van der Waals surface area contributed by atoms with Crippen LogP contribution >= 0.6 is 0 Å². The molecule has 0 aromatic rings. The summed E-state index contributed by atoms with van der Waals surface area (Å²) in [5, 5.41) is 0. The highest BCUT2D eigenvalue weighted by atomic mass is 32.2. The van der Waals surface area contributed by atoms with Crippen LogP contribution in [0.25, 0.3) is 0 Å². The van der Waals surface area contributed by atoms with E-state index in [0.717, 1.165) is 6.54 Å². The lowest BCUT2D eigenvalue weighted by molar-refractivity contribution is -0.912. The number of quaternary nitrogens is 1. The summed E-state index contributed by atoms with van der Waals surface area (Å²) < 4.78 is 30.8. The van der Waals surface area contributed by atoms with Gasteiger partial charge in [-0.3, -0.25) is 9.35 Å². The highest BCUT2D eigenvalue weighted by molar-refractivity contribution is 7.85. The molecule has 0 fully saturated rings. The first kappa shape index (κ1) is 18.1. The second kappa shape index (κ2) is 7.02. The van der Waals surface area contributed by atoms with Crippen LogP contribution in [0.3, 0.4) is 0 Å². The summed E-state index contributed by atoms with van der Waals surface area (Å²) in [6.45, 7) is 4.37. The number of amides is 1. The van der Waals surface area contributed by atoms with Crippen LogP contribution in [0.2, 0.25) is 0 Å². The normalized spacial score (nSPS) is 15.3. The Balaban J connectivity index is 4.38. The molecule has 0 aromatic heterocycles. The minimum absolute atomic E-state index is 0.0872. The molecule has 112 valence electrons. The number of hydrogen-bond acceptors (Lipinski definition) is 3. The Labute approximate surface area is 115 Å². The Bertz CT molecular complexity index is 441. The smallest absolute Gasteiger partial charge is 0.265 e. The zero-order valence-corrected chi connectivity index (χ0v) is 12.9. The summed E-state index contributed by atoms with van der Waals surface area (Å²) >= 11 is 0. The molecule has 0 saturated heterocycles. The zero-order valence-electron chi connectivity index (χ0n) is 12.1. The lowest BCUT2D eigenvalue weighted by Crippen LogP contribution is -2.48. The summed E-state index contributed by atoms with van der Waals surface area (Å²) in [6, 6.07) is 0.0872. The Morgan fingerprint density at radius 1 is 1.42 bits per heavy atom. The lowest BCUT2D eigenvalue weighted by atomic mass is 10.1. The van der Waals surface area contributed by atoms with E-state index < -0.39 is 16.0 Å². The first-order valence-electron chi connectivity index (χ1n) is 6.20. The number of nitrogens with two attached hydrogens (primary N) is 1. The van der Waals surface area contributed by atoms with Crippen molar-refractivity contribution < 1.29 is 22.2 Å². The Kier molecular flexibility index (Phi) is 6.68. The van der Waals surface area contributed by atoms with Gasteiger partial charge in [-0.15, -0.1) is 0 Å². The van der Waals surface area contributed by atoms with Crippen molar-refractivity contribution >= 4 is 16.0 Å². The predicted molar refractivity (Wildman–Crippen MR) is 75.0 cm³/mol. The minimum atomic E-state index is -3.91. The van der Waals surface area contributed by atoms with E-state index in [1.165, 1.54) is 0 Å². The van der Waals surface area contributed by atoms with Crippen molar-refractivity contribution in [2.45, 2.75) is 32.7 Å². The molecule has 1 unspecified atom stereocenters. The van der Waals surface area contributed by atoms with Crippen LogP contribution in [-0.4, -0.2) is 55.8 Å². The van der Waals surface area contributed by atoms with Gasteiger partial charge in [0.1, 0.15) is 0 Å². The molecule has 0 aromatic carbocycles. The summed E-state index contributed by atoms with van der Waals surface area (Å²) in [5.41, 5.74) is 5.67. The van der Waals surface area contributed by atoms with Gasteiger partial charge in [-0.1, -0.05) is 6.08 Å².